The molecule has 1 aromatic carbocycles. The van der Waals surface area contributed by atoms with Crippen LogP contribution in [0.25, 0.3) is 0 Å². The summed E-state index contributed by atoms with van der Waals surface area (Å²) in [5.41, 5.74) is 0.754. The number of hydrogen-bond acceptors (Lipinski definition) is 3. The largest absolute Gasteiger partial charge is 0.456 e. The highest BCUT2D eigenvalue weighted by Crippen LogP contribution is 2.13. The first kappa shape index (κ1) is 13.0. The van der Waals surface area contributed by atoms with Crippen molar-refractivity contribution in [1.29, 1.82) is 0 Å². The molecule has 4 heteroatoms. The molecule has 0 bridgehead atoms. The molecule has 0 spiro atoms. The quantitative estimate of drug-likeness (QED) is 0.575. The lowest BCUT2D eigenvalue weighted by molar-refractivity contribution is -0.145. The number of hydrogen-bond donors (Lipinski definition) is 0. The molecule has 0 N–H and O–H groups in total. The Labute approximate surface area is 100 Å². The summed E-state index contributed by atoms with van der Waals surface area (Å²) in [5.74, 6) is -0.740. The highest BCUT2D eigenvalue weighted by molar-refractivity contribution is 5.95. The summed E-state index contributed by atoms with van der Waals surface area (Å²) < 4.78 is 4.69. The zero-order valence-electron chi connectivity index (χ0n) is 9.76. The molecule has 0 fully saturated rings. The first-order chi connectivity index (χ1) is 8.15. The van der Waals surface area contributed by atoms with Crippen molar-refractivity contribution in [3.63, 3.8) is 0 Å². The average molecular weight is 233 g/mol. The molecular weight excluding hydrogens is 218 g/mol. The molecule has 1 aromatic rings. The molecule has 0 aliphatic rings. The maximum Gasteiger partial charge on any atom is 0.303 e. The van der Waals surface area contributed by atoms with Crippen LogP contribution >= 0.6 is 0 Å². The van der Waals surface area contributed by atoms with E-state index in [1.54, 1.807) is 6.08 Å². The van der Waals surface area contributed by atoms with Crippen LogP contribution < -0.4 is 4.90 Å². The third-order valence-corrected chi connectivity index (χ3v) is 2.08. The van der Waals surface area contributed by atoms with Crippen molar-refractivity contribution in [3.8, 4) is 0 Å². The van der Waals surface area contributed by atoms with Gasteiger partial charge in [-0.2, -0.15) is 0 Å². The van der Waals surface area contributed by atoms with E-state index in [9.17, 15) is 9.59 Å². The van der Waals surface area contributed by atoms with Crippen molar-refractivity contribution >= 4 is 17.6 Å². The van der Waals surface area contributed by atoms with Gasteiger partial charge in [0, 0.05) is 19.2 Å². The smallest absolute Gasteiger partial charge is 0.303 e. The van der Waals surface area contributed by atoms with Crippen LogP contribution in [0.15, 0.2) is 43.0 Å². The van der Waals surface area contributed by atoms with Gasteiger partial charge in [-0.25, -0.2) is 0 Å². The number of carbonyl (C=O) groups excluding carboxylic acids is 2. The molecule has 0 saturated carbocycles. The summed E-state index contributed by atoms with van der Waals surface area (Å²) in [6.07, 6.45) is 1.62. The minimum absolute atomic E-state index is 0.252. The Balaban J connectivity index is 2.75. The second-order valence-electron chi connectivity index (χ2n) is 3.41. The molecule has 1 rings (SSSR count). The third-order valence-electron chi connectivity index (χ3n) is 2.08. The van der Waals surface area contributed by atoms with Crippen molar-refractivity contribution in [2.75, 3.05) is 18.1 Å². The number of carbonyl (C=O) groups is 2. The molecule has 0 heterocycles. The highest BCUT2D eigenvalue weighted by atomic mass is 16.5. The van der Waals surface area contributed by atoms with E-state index in [2.05, 4.69) is 11.3 Å². The van der Waals surface area contributed by atoms with Crippen LogP contribution in [0.3, 0.4) is 0 Å². The van der Waals surface area contributed by atoms with Gasteiger partial charge >= 0.3 is 5.97 Å². The van der Waals surface area contributed by atoms with Crippen LogP contribution in [0.1, 0.15) is 6.92 Å². The zero-order chi connectivity index (χ0) is 12.7. The Bertz CT molecular complexity index is 400. The average Bonchev–Trinajstić information content (AvgIpc) is 2.34. The number of ether oxygens (including phenoxy) is 1. The van der Waals surface area contributed by atoms with Crippen LogP contribution in [0, 0.1) is 0 Å². The molecule has 0 radical (unpaired) electrons. The predicted molar refractivity (Wildman–Crippen MR) is 65.6 cm³/mol. The van der Waals surface area contributed by atoms with Crippen molar-refractivity contribution < 1.29 is 14.3 Å². The monoisotopic (exact) mass is 233 g/mol. The van der Waals surface area contributed by atoms with Crippen molar-refractivity contribution in [2.45, 2.75) is 6.92 Å². The number of anilines is 1. The number of esters is 1. The number of benzene rings is 1. The minimum atomic E-state index is -0.468. The second kappa shape index (κ2) is 6.48. The van der Waals surface area contributed by atoms with Crippen molar-refractivity contribution in [1.82, 2.24) is 0 Å². The van der Waals surface area contributed by atoms with E-state index < -0.39 is 5.97 Å². The van der Waals surface area contributed by atoms with Gasteiger partial charge in [0.1, 0.15) is 0 Å². The summed E-state index contributed by atoms with van der Waals surface area (Å²) in [5, 5.41) is 0. The van der Waals surface area contributed by atoms with Gasteiger partial charge in [-0.3, -0.25) is 9.59 Å². The van der Waals surface area contributed by atoms with Gasteiger partial charge in [-0.1, -0.05) is 24.3 Å². The Morgan fingerprint density at radius 1 is 1.35 bits per heavy atom. The van der Waals surface area contributed by atoms with E-state index in [0.717, 1.165) is 5.69 Å². The normalized spacial score (nSPS) is 9.47. The van der Waals surface area contributed by atoms with Gasteiger partial charge in [0.25, 0.3) is 5.91 Å². The lowest BCUT2D eigenvalue weighted by Gasteiger charge is -2.20. The van der Waals surface area contributed by atoms with Crippen LogP contribution in [0.4, 0.5) is 5.69 Å². The van der Waals surface area contributed by atoms with Gasteiger partial charge in [0.15, 0.2) is 6.61 Å². The van der Waals surface area contributed by atoms with Crippen molar-refractivity contribution in [2.24, 2.45) is 0 Å². The third kappa shape index (κ3) is 4.10. The Kier molecular flexibility index (Phi) is 4.94. The maximum absolute atomic E-state index is 11.8. The Morgan fingerprint density at radius 3 is 2.53 bits per heavy atom. The van der Waals surface area contributed by atoms with E-state index in [-0.39, 0.29) is 12.5 Å². The molecule has 0 aliphatic carbocycles. The summed E-state index contributed by atoms with van der Waals surface area (Å²) >= 11 is 0. The van der Waals surface area contributed by atoms with Crippen LogP contribution in [0.2, 0.25) is 0 Å². The summed E-state index contributed by atoms with van der Waals surface area (Å²) in [6.45, 7) is 5.00. The summed E-state index contributed by atoms with van der Waals surface area (Å²) in [4.78, 5) is 24.0. The van der Waals surface area contributed by atoms with Crippen LogP contribution in [0.5, 0.6) is 0 Å². The predicted octanol–water partition coefficient (Wildman–Crippen LogP) is 1.77. The Hall–Kier alpha value is -2.10. The van der Waals surface area contributed by atoms with Crippen LogP contribution in [-0.4, -0.2) is 25.0 Å². The van der Waals surface area contributed by atoms with E-state index in [4.69, 9.17) is 0 Å². The molecular formula is C13H15NO3. The van der Waals surface area contributed by atoms with Gasteiger partial charge in [-0.05, 0) is 12.1 Å². The van der Waals surface area contributed by atoms with Crippen LogP contribution in [-0.2, 0) is 14.3 Å². The fraction of sp³-hybridized carbons (Fsp3) is 0.231. The van der Waals surface area contributed by atoms with Crippen molar-refractivity contribution in [3.05, 3.63) is 43.0 Å². The molecule has 0 aromatic heterocycles. The topological polar surface area (TPSA) is 46.6 Å². The number of para-hydroxylation sites is 1. The van der Waals surface area contributed by atoms with Gasteiger partial charge in [0.05, 0.1) is 0 Å². The molecule has 0 aliphatic heterocycles. The van der Waals surface area contributed by atoms with Gasteiger partial charge in [-0.15, -0.1) is 6.58 Å². The molecule has 0 atom stereocenters. The number of amides is 1. The van der Waals surface area contributed by atoms with Gasteiger partial charge in [0.2, 0.25) is 0 Å². The number of rotatable bonds is 5. The summed E-state index contributed by atoms with van der Waals surface area (Å²) in [6, 6.07) is 9.17. The molecule has 1 amide bonds. The standard InChI is InChI=1S/C13H15NO3/c1-3-9-14(12-7-5-4-6-8-12)13(16)10-17-11(2)15/h3-8H,1,9-10H2,2H3. The molecule has 0 saturated heterocycles. The Morgan fingerprint density at radius 2 is 2.00 bits per heavy atom. The second-order valence-corrected chi connectivity index (χ2v) is 3.41. The SMILES string of the molecule is C=CCN(C(=O)COC(C)=O)c1ccccc1. The first-order valence-corrected chi connectivity index (χ1v) is 5.25. The van der Waals surface area contributed by atoms with E-state index in [1.165, 1.54) is 11.8 Å². The first-order valence-electron chi connectivity index (χ1n) is 5.25. The molecule has 90 valence electrons. The summed E-state index contributed by atoms with van der Waals surface area (Å²) in [7, 11) is 0. The minimum Gasteiger partial charge on any atom is -0.456 e. The highest BCUT2D eigenvalue weighted by Gasteiger charge is 2.14. The number of nitrogens with zero attached hydrogens (tertiary/aromatic N) is 1. The maximum atomic E-state index is 11.8. The van der Waals surface area contributed by atoms with Gasteiger partial charge < -0.3 is 9.64 Å². The van der Waals surface area contributed by atoms with E-state index >= 15 is 0 Å². The van der Waals surface area contributed by atoms with E-state index in [1.807, 2.05) is 30.3 Å². The molecule has 4 nitrogen and oxygen atoms in total. The van der Waals surface area contributed by atoms with E-state index in [0.29, 0.717) is 6.54 Å². The lowest BCUT2D eigenvalue weighted by atomic mass is 10.3. The molecule has 0 unspecified atom stereocenters. The fourth-order valence-corrected chi connectivity index (χ4v) is 1.33. The zero-order valence-corrected chi connectivity index (χ0v) is 9.76. The lowest BCUT2D eigenvalue weighted by Crippen LogP contribution is -2.34. The fourth-order valence-electron chi connectivity index (χ4n) is 1.33. The molecule has 17 heavy (non-hydrogen) atoms.